The summed E-state index contributed by atoms with van der Waals surface area (Å²) in [7, 11) is 0. The smallest absolute Gasteiger partial charge is 0.218 e. The molecule has 1 heterocycles. The second-order valence-electron chi connectivity index (χ2n) is 6.51. The number of nitrogens with one attached hydrogen (secondary N) is 1. The molecule has 0 aromatic carbocycles. The van der Waals surface area contributed by atoms with Crippen molar-refractivity contribution in [1.29, 1.82) is 0 Å². The number of hydrogen-bond donors (Lipinski definition) is 1. The molecule has 0 saturated carbocycles. The average Bonchev–Trinajstić information content (AvgIpc) is 2.44. The summed E-state index contributed by atoms with van der Waals surface area (Å²) in [6.07, 6.45) is 1.23. The SMILES string of the molecule is CC(C)COc1cc(NCCCOC(C)C)nc(C(C)C)n1. The van der Waals surface area contributed by atoms with Crippen molar-refractivity contribution in [2.45, 2.75) is 60.0 Å². The second-order valence-corrected chi connectivity index (χ2v) is 6.51. The molecule has 0 saturated heterocycles. The molecular weight excluding hydrogens is 278 g/mol. The van der Waals surface area contributed by atoms with E-state index in [9.17, 15) is 0 Å². The number of nitrogens with zero attached hydrogens (tertiary/aromatic N) is 2. The van der Waals surface area contributed by atoms with Gasteiger partial charge in [0.1, 0.15) is 11.6 Å². The topological polar surface area (TPSA) is 56.3 Å². The minimum Gasteiger partial charge on any atom is -0.477 e. The van der Waals surface area contributed by atoms with Crippen LogP contribution in [0.1, 0.15) is 59.7 Å². The van der Waals surface area contributed by atoms with Crippen molar-refractivity contribution < 1.29 is 9.47 Å². The summed E-state index contributed by atoms with van der Waals surface area (Å²) in [5.41, 5.74) is 0. The first-order valence-corrected chi connectivity index (χ1v) is 8.25. The molecule has 1 N–H and O–H groups in total. The Labute approximate surface area is 134 Å². The van der Waals surface area contributed by atoms with Gasteiger partial charge < -0.3 is 14.8 Å². The zero-order valence-electron chi connectivity index (χ0n) is 14.8. The van der Waals surface area contributed by atoms with E-state index in [4.69, 9.17) is 9.47 Å². The summed E-state index contributed by atoms with van der Waals surface area (Å²) in [5, 5.41) is 3.33. The predicted molar refractivity (Wildman–Crippen MR) is 90.6 cm³/mol. The Morgan fingerprint density at radius 2 is 1.82 bits per heavy atom. The van der Waals surface area contributed by atoms with Crippen LogP contribution in [0.2, 0.25) is 0 Å². The molecule has 1 aromatic heterocycles. The molecular formula is C17H31N3O2. The van der Waals surface area contributed by atoms with Crippen LogP contribution in [0.4, 0.5) is 5.82 Å². The van der Waals surface area contributed by atoms with Gasteiger partial charge >= 0.3 is 0 Å². The molecule has 126 valence electrons. The fourth-order valence-electron chi connectivity index (χ4n) is 1.73. The molecule has 0 radical (unpaired) electrons. The summed E-state index contributed by atoms with van der Waals surface area (Å²) in [6, 6.07) is 1.87. The van der Waals surface area contributed by atoms with E-state index >= 15 is 0 Å². The molecule has 0 bridgehead atoms. The van der Waals surface area contributed by atoms with Crippen molar-refractivity contribution in [2.24, 2.45) is 5.92 Å². The molecule has 0 spiro atoms. The van der Waals surface area contributed by atoms with E-state index in [0.29, 0.717) is 18.4 Å². The summed E-state index contributed by atoms with van der Waals surface area (Å²) in [6.45, 7) is 14.8. The molecule has 5 heteroatoms. The number of rotatable bonds is 10. The van der Waals surface area contributed by atoms with Crippen molar-refractivity contribution in [1.82, 2.24) is 9.97 Å². The van der Waals surface area contributed by atoms with E-state index in [1.807, 2.05) is 19.9 Å². The van der Waals surface area contributed by atoms with Crippen LogP contribution in [-0.2, 0) is 4.74 Å². The highest BCUT2D eigenvalue weighted by Gasteiger charge is 2.09. The van der Waals surface area contributed by atoms with Gasteiger partial charge in [-0.3, -0.25) is 0 Å². The Bertz CT molecular complexity index is 434. The molecule has 1 aromatic rings. The van der Waals surface area contributed by atoms with Crippen LogP contribution in [0.5, 0.6) is 5.88 Å². The minimum atomic E-state index is 0.271. The number of anilines is 1. The van der Waals surface area contributed by atoms with Gasteiger partial charge in [0.15, 0.2) is 0 Å². The Kier molecular flexibility index (Phi) is 8.17. The largest absolute Gasteiger partial charge is 0.477 e. The third-order valence-electron chi connectivity index (χ3n) is 2.88. The molecule has 0 aliphatic carbocycles. The van der Waals surface area contributed by atoms with Crippen molar-refractivity contribution >= 4 is 5.82 Å². The van der Waals surface area contributed by atoms with E-state index < -0.39 is 0 Å². The zero-order valence-corrected chi connectivity index (χ0v) is 14.8. The molecule has 1 rings (SSSR count). The van der Waals surface area contributed by atoms with Crippen LogP contribution in [-0.4, -0.2) is 35.8 Å². The van der Waals surface area contributed by atoms with Gasteiger partial charge in [-0.1, -0.05) is 27.7 Å². The Morgan fingerprint density at radius 1 is 1.09 bits per heavy atom. The predicted octanol–water partition coefficient (Wildman–Crippen LogP) is 3.86. The second kappa shape index (κ2) is 9.62. The van der Waals surface area contributed by atoms with E-state index in [1.54, 1.807) is 0 Å². The lowest BCUT2D eigenvalue weighted by Crippen LogP contribution is -2.12. The normalized spacial score (nSPS) is 11.5. The molecule has 0 amide bonds. The first-order chi connectivity index (χ1) is 10.4. The van der Waals surface area contributed by atoms with Crippen LogP contribution in [0, 0.1) is 5.92 Å². The van der Waals surface area contributed by atoms with Crippen molar-refractivity contribution in [3.63, 3.8) is 0 Å². The molecule has 0 aliphatic rings. The highest BCUT2D eigenvalue weighted by molar-refractivity contribution is 5.38. The molecule has 22 heavy (non-hydrogen) atoms. The summed E-state index contributed by atoms with van der Waals surface area (Å²) >= 11 is 0. The number of aromatic nitrogens is 2. The maximum absolute atomic E-state index is 5.74. The molecule has 0 atom stereocenters. The third kappa shape index (κ3) is 7.59. The maximum Gasteiger partial charge on any atom is 0.218 e. The van der Waals surface area contributed by atoms with Gasteiger partial charge in [0, 0.05) is 25.1 Å². The molecule has 0 fully saturated rings. The molecule has 0 aliphatic heterocycles. The van der Waals surface area contributed by atoms with Gasteiger partial charge in [-0.25, -0.2) is 4.98 Å². The van der Waals surface area contributed by atoms with Crippen molar-refractivity contribution in [2.75, 3.05) is 25.1 Å². The van der Waals surface area contributed by atoms with Crippen LogP contribution >= 0.6 is 0 Å². The van der Waals surface area contributed by atoms with Crippen LogP contribution in [0.3, 0.4) is 0 Å². The fourth-order valence-corrected chi connectivity index (χ4v) is 1.73. The summed E-state index contributed by atoms with van der Waals surface area (Å²) < 4.78 is 11.3. The number of hydrogen-bond acceptors (Lipinski definition) is 5. The van der Waals surface area contributed by atoms with Crippen LogP contribution in [0.15, 0.2) is 6.07 Å². The van der Waals surface area contributed by atoms with Gasteiger partial charge in [0.2, 0.25) is 5.88 Å². The summed E-state index contributed by atoms with van der Waals surface area (Å²) in [4.78, 5) is 9.02. The van der Waals surface area contributed by atoms with E-state index in [1.165, 1.54) is 0 Å². The van der Waals surface area contributed by atoms with Gasteiger partial charge in [0.05, 0.1) is 12.7 Å². The average molecular weight is 309 g/mol. The molecule has 0 unspecified atom stereocenters. The Morgan fingerprint density at radius 3 is 2.41 bits per heavy atom. The lowest BCUT2D eigenvalue weighted by atomic mass is 10.2. The van der Waals surface area contributed by atoms with E-state index in [0.717, 1.165) is 31.2 Å². The fraction of sp³-hybridized carbons (Fsp3) is 0.765. The highest BCUT2D eigenvalue weighted by Crippen LogP contribution is 2.19. The molecule has 5 nitrogen and oxygen atoms in total. The van der Waals surface area contributed by atoms with Crippen molar-refractivity contribution in [3.8, 4) is 5.88 Å². The van der Waals surface area contributed by atoms with Crippen molar-refractivity contribution in [3.05, 3.63) is 11.9 Å². The maximum atomic E-state index is 5.74. The van der Waals surface area contributed by atoms with Gasteiger partial charge in [-0.2, -0.15) is 4.98 Å². The zero-order chi connectivity index (χ0) is 16.5. The van der Waals surface area contributed by atoms with E-state index in [2.05, 4.69) is 43.0 Å². The van der Waals surface area contributed by atoms with Crippen LogP contribution in [0.25, 0.3) is 0 Å². The first kappa shape index (κ1) is 18.7. The highest BCUT2D eigenvalue weighted by atomic mass is 16.5. The van der Waals surface area contributed by atoms with E-state index in [-0.39, 0.29) is 12.0 Å². The first-order valence-electron chi connectivity index (χ1n) is 8.25. The monoisotopic (exact) mass is 309 g/mol. The van der Waals surface area contributed by atoms with Gasteiger partial charge in [-0.15, -0.1) is 0 Å². The third-order valence-corrected chi connectivity index (χ3v) is 2.88. The van der Waals surface area contributed by atoms with Gasteiger partial charge in [-0.05, 0) is 26.2 Å². The Balaban J connectivity index is 2.59. The quantitative estimate of drug-likeness (QED) is 0.665. The Hall–Kier alpha value is -1.36. The lowest BCUT2D eigenvalue weighted by molar-refractivity contribution is 0.0787. The lowest BCUT2D eigenvalue weighted by Gasteiger charge is -2.13. The van der Waals surface area contributed by atoms with Gasteiger partial charge in [0.25, 0.3) is 0 Å². The standard InChI is InChI=1S/C17H31N3O2/c1-12(2)11-22-16-10-15(19-17(20-16)13(3)4)18-8-7-9-21-14(5)6/h10,12-14H,7-9,11H2,1-6H3,(H,18,19,20). The minimum absolute atomic E-state index is 0.271. The number of ether oxygens (including phenoxy) is 2. The summed E-state index contributed by atoms with van der Waals surface area (Å²) in [5.74, 6) is 3.02. The van der Waals surface area contributed by atoms with Crippen LogP contribution < -0.4 is 10.1 Å².